The summed E-state index contributed by atoms with van der Waals surface area (Å²) in [6, 6.07) is -0.625. The maximum Gasteiger partial charge on any atom is 0.417 e. The summed E-state index contributed by atoms with van der Waals surface area (Å²) in [5.41, 5.74) is 4.24. The molecule has 0 radical (unpaired) electrons. The second-order valence-corrected chi connectivity index (χ2v) is 7.57. The van der Waals surface area contributed by atoms with Gasteiger partial charge < -0.3 is 20.9 Å². The van der Waals surface area contributed by atoms with E-state index in [1.807, 2.05) is 6.26 Å². The highest BCUT2D eigenvalue weighted by molar-refractivity contribution is 7.98. The Hall–Kier alpha value is -1.88. The van der Waals surface area contributed by atoms with Crippen molar-refractivity contribution in [3.63, 3.8) is 0 Å². The summed E-state index contributed by atoms with van der Waals surface area (Å²) in [5, 5.41) is 2.37. The molecule has 0 aromatic carbocycles. The fourth-order valence-corrected chi connectivity index (χ4v) is 3.60. The maximum absolute atomic E-state index is 12.7. The first-order valence-corrected chi connectivity index (χ1v) is 10.2. The standard InChI is InChI=1S/C16H21ClF3N5O2S/c1-28-7-2-12(23-15(21)27)14(26)25-5-3-24(4-6-25)13-11(17)8-10(9-22-13)16(18,19)20/h8-9,12H,2-7H2,1H3,(H3,21,23,27). The first-order chi connectivity index (χ1) is 13.1. The zero-order valence-electron chi connectivity index (χ0n) is 15.1. The molecule has 1 aromatic heterocycles. The van der Waals surface area contributed by atoms with Gasteiger partial charge in [0.25, 0.3) is 0 Å². The normalized spacial score (nSPS) is 16.0. The van der Waals surface area contributed by atoms with Crippen molar-refractivity contribution in [2.24, 2.45) is 5.73 Å². The van der Waals surface area contributed by atoms with Crippen LogP contribution in [0.3, 0.4) is 0 Å². The molecule has 1 aliphatic heterocycles. The zero-order valence-corrected chi connectivity index (χ0v) is 16.7. The highest BCUT2D eigenvalue weighted by Gasteiger charge is 2.33. The Morgan fingerprint density at radius 3 is 2.50 bits per heavy atom. The first-order valence-electron chi connectivity index (χ1n) is 8.45. The largest absolute Gasteiger partial charge is 0.417 e. The molecule has 12 heteroatoms. The van der Waals surface area contributed by atoms with Crippen LogP contribution in [0, 0.1) is 0 Å². The van der Waals surface area contributed by atoms with Gasteiger partial charge in [-0.3, -0.25) is 4.79 Å². The van der Waals surface area contributed by atoms with Crippen LogP contribution in [0.25, 0.3) is 0 Å². The predicted molar refractivity (Wildman–Crippen MR) is 103 cm³/mol. The Morgan fingerprint density at radius 1 is 1.36 bits per heavy atom. The van der Waals surface area contributed by atoms with E-state index in [-0.39, 0.29) is 16.7 Å². The number of thioether (sulfide) groups is 1. The van der Waals surface area contributed by atoms with Gasteiger partial charge >= 0.3 is 12.2 Å². The smallest absolute Gasteiger partial charge is 0.352 e. The molecule has 28 heavy (non-hydrogen) atoms. The summed E-state index contributed by atoms with van der Waals surface area (Å²) >= 11 is 7.53. The average Bonchev–Trinajstić information content (AvgIpc) is 2.63. The van der Waals surface area contributed by atoms with Gasteiger partial charge in [-0.25, -0.2) is 9.78 Å². The van der Waals surface area contributed by atoms with E-state index < -0.39 is 23.8 Å². The maximum atomic E-state index is 12.7. The first kappa shape index (κ1) is 22.4. The Morgan fingerprint density at radius 2 is 2.00 bits per heavy atom. The third kappa shape index (κ3) is 5.81. The number of piperazine rings is 1. The van der Waals surface area contributed by atoms with E-state index in [1.54, 1.807) is 21.6 Å². The number of aromatic nitrogens is 1. The van der Waals surface area contributed by atoms with Crippen molar-refractivity contribution >= 4 is 41.1 Å². The van der Waals surface area contributed by atoms with E-state index in [0.29, 0.717) is 38.4 Å². The molecule has 1 aliphatic rings. The number of carbonyl (C=O) groups is 2. The Balaban J connectivity index is 2.01. The number of nitrogens with two attached hydrogens (primary N) is 1. The molecule has 0 bridgehead atoms. The van der Waals surface area contributed by atoms with Crippen LogP contribution in [-0.4, -0.2) is 66.1 Å². The Bertz CT molecular complexity index is 714. The molecule has 1 atom stereocenters. The van der Waals surface area contributed by atoms with Crippen LogP contribution in [0.1, 0.15) is 12.0 Å². The number of amides is 3. The highest BCUT2D eigenvalue weighted by Crippen LogP contribution is 2.33. The number of urea groups is 1. The summed E-state index contributed by atoms with van der Waals surface area (Å²) < 4.78 is 38.2. The van der Waals surface area contributed by atoms with Gasteiger partial charge in [-0.1, -0.05) is 11.6 Å². The number of hydrogen-bond donors (Lipinski definition) is 2. The van der Waals surface area contributed by atoms with Crippen LogP contribution >= 0.6 is 23.4 Å². The third-order valence-electron chi connectivity index (χ3n) is 4.27. The second-order valence-electron chi connectivity index (χ2n) is 6.18. The van der Waals surface area contributed by atoms with Gasteiger partial charge in [-0.2, -0.15) is 24.9 Å². The number of pyridine rings is 1. The van der Waals surface area contributed by atoms with Crippen molar-refractivity contribution in [2.45, 2.75) is 18.6 Å². The SMILES string of the molecule is CSCCC(NC(N)=O)C(=O)N1CCN(c2ncc(C(F)(F)F)cc2Cl)CC1. The fourth-order valence-electron chi connectivity index (χ4n) is 2.84. The molecule has 1 unspecified atom stereocenters. The van der Waals surface area contributed by atoms with Crippen LogP contribution in [0.5, 0.6) is 0 Å². The molecule has 0 spiro atoms. The van der Waals surface area contributed by atoms with Crippen molar-refractivity contribution in [3.8, 4) is 0 Å². The van der Waals surface area contributed by atoms with Crippen LogP contribution in [-0.2, 0) is 11.0 Å². The molecule has 7 nitrogen and oxygen atoms in total. The summed E-state index contributed by atoms with van der Waals surface area (Å²) in [6.07, 6.45) is -1.42. The lowest BCUT2D eigenvalue weighted by Gasteiger charge is -2.37. The van der Waals surface area contributed by atoms with Crippen LogP contribution in [0.2, 0.25) is 5.02 Å². The van der Waals surface area contributed by atoms with Gasteiger partial charge in [0.05, 0.1) is 10.6 Å². The molecule has 1 aromatic rings. The lowest BCUT2D eigenvalue weighted by Crippen LogP contribution is -2.56. The number of nitrogens with zero attached hydrogens (tertiary/aromatic N) is 3. The molecule has 2 heterocycles. The highest BCUT2D eigenvalue weighted by atomic mass is 35.5. The van der Waals surface area contributed by atoms with E-state index >= 15 is 0 Å². The molecule has 3 amide bonds. The quantitative estimate of drug-likeness (QED) is 0.709. The molecule has 2 rings (SSSR count). The molecule has 156 valence electrons. The fraction of sp³-hybridized carbons (Fsp3) is 0.562. The van der Waals surface area contributed by atoms with Crippen molar-refractivity contribution in [1.29, 1.82) is 0 Å². The molecule has 0 saturated carbocycles. The summed E-state index contributed by atoms with van der Waals surface area (Å²) in [6.45, 7) is 1.37. The predicted octanol–water partition coefficient (Wildman–Crippen LogP) is 2.19. The van der Waals surface area contributed by atoms with Crippen molar-refractivity contribution in [1.82, 2.24) is 15.2 Å². The topological polar surface area (TPSA) is 91.6 Å². The lowest BCUT2D eigenvalue weighted by atomic mass is 10.1. The number of hydrogen-bond acceptors (Lipinski definition) is 5. The number of nitrogens with one attached hydrogen (secondary N) is 1. The summed E-state index contributed by atoms with van der Waals surface area (Å²) in [5.74, 6) is 0.691. The van der Waals surface area contributed by atoms with Gasteiger partial charge in [-0.05, 0) is 24.5 Å². The number of halogens is 4. The molecule has 0 aliphatic carbocycles. The number of primary amides is 1. The van der Waals surface area contributed by atoms with Crippen molar-refractivity contribution < 1.29 is 22.8 Å². The minimum absolute atomic E-state index is 0.0946. The van der Waals surface area contributed by atoms with Crippen molar-refractivity contribution in [2.75, 3.05) is 43.1 Å². The summed E-state index contributed by atoms with van der Waals surface area (Å²) in [4.78, 5) is 31.0. The van der Waals surface area contributed by atoms with Gasteiger partial charge in [0.2, 0.25) is 5.91 Å². The molecular formula is C16H21ClF3N5O2S. The molecule has 3 N–H and O–H groups in total. The van der Waals surface area contributed by atoms with E-state index in [2.05, 4.69) is 10.3 Å². The number of anilines is 1. The second kappa shape index (κ2) is 9.55. The van der Waals surface area contributed by atoms with E-state index in [9.17, 15) is 22.8 Å². The van der Waals surface area contributed by atoms with Crippen LogP contribution in [0.15, 0.2) is 12.3 Å². The van der Waals surface area contributed by atoms with Crippen LogP contribution < -0.4 is 16.0 Å². The zero-order chi connectivity index (χ0) is 20.9. The monoisotopic (exact) mass is 439 g/mol. The van der Waals surface area contributed by atoms with E-state index in [1.165, 1.54) is 0 Å². The molecular weight excluding hydrogens is 419 g/mol. The number of alkyl halides is 3. The Kier molecular flexibility index (Phi) is 7.64. The van der Waals surface area contributed by atoms with Crippen LogP contribution in [0.4, 0.5) is 23.8 Å². The van der Waals surface area contributed by atoms with Gasteiger partial charge in [0.1, 0.15) is 11.9 Å². The number of carbonyl (C=O) groups excluding carboxylic acids is 2. The minimum Gasteiger partial charge on any atom is -0.352 e. The minimum atomic E-state index is -4.51. The Labute approximate surface area is 169 Å². The van der Waals surface area contributed by atoms with Crippen molar-refractivity contribution in [3.05, 3.63) is 22.8 Å². The lowest BCUT2D eigenvalue weighted by molar-refractivity contribution is -0.138. The number of rotatable bonds is 6. The molecule has 1 fully saturated rings. The summed E-state index contributed by atoms with van der Waals surface area (Å²) in [7, 11) is 0. The average molecular weight is 440 g/mol. The van der Waals surface area contributed by atoms with Gasteiger partial charge in [0, 0.05) is 32.4 Å². The van der Waals surface area contributed by atoms with Gasteiger partial charge in [-0.15, -0.1) is 0 Å². The van der Waals surface area contributed by atoms with E-state index in [0.717, 1.165) is 12.3 Å². The molecule has 1 saturated heterocycles. The van der Waals surface area contributed by atoms with Gasteiger partial charge in [0.15, 0.2) is 0 Å². The third-order valence-corrected chi connectivity index (χ3v) is 5.19. The van der Waals surface area contributed by atoms with E-state index in [4.69, 9.17) is 17.3 Å².